The van der Waals surface area contributed by atoms with Crippen LogP contribution in [0.5, 0.6) is 0 Å². The SMILES string of the molecule is Cl.NCC1CCCN(S(=O)(=O)c2ccc([N+](=O)[O-])cn2)C1. The highest BCUT2D eigenvalue weighted by Gasteiger charge is 2.30. The van der Waals surface area contributed by atoms with Crippen LogP contribution < -0.4 is 5.73 Å². The van der Waals surface area contributed by atoms with E-state index in [4.69, 9.17) is 5.73 Å². The van der Waals surface area contributed by atoms with Gasteiger partial charge in [0.1, 0.15) is 6.20 Å². The van der Waals surface area contributed by atoms with Crippen LogP contribution in [-0.2, 0) is 10.0 Å². The topological polar surface area (TPSA) is 119 Å². The molecule has 2 rings (SSSR count). The monoisotopic (exact) mass is 336 g/mol. The Morgan fingerprint density at radius 3 is 2.71 bits per heavy atom. The first-order valence-electron chi connectivity index (χ1n) is 6.26. The molecule has 1 aliphatic heterocycles. The van der Waals surface area contributed by atoms with Gasteiger partial charge in [0.15, 0.2) is 5.03 Å². The third-order valence-electron chi connectivity index (χ3n) is 3.35. The van der Waals surface area contributed by atoms with Gasteiger partial charge < -0.3 is 5.73 Å². The molecule has 2 heterocycles. The van der Waals surface area contributed by atoms with E-state index in [1.165, 1.54) is 10.4 Å². The van der Waals surface area contributed by atoms with E-state index in [1.807, 2.05) is 0 Å². The van der Waals surface area contributed by atoms with E-state index in [2.05, 4.69) is 4.98 Å². The molecule has 8 nitrogen and oxygen atoms in total. The van der Waals surface area contributed by atoms with Crippen molar-refractivity contribution in [3.05, 3.63) is 28.4 Å². The number of aromatic nitrogens is 1. The van der Waals surface area contributed by atoms with Gasteiger partial charge in [-0.15, -0.1) is 12.4 Å². The molecule has 0 saturated carbocycles. The van der Waals surface area contributed by atoms with E-state index in [9.17, 15) is 18.5 Å². The van der Waals surface area contributed by atoms with Gasteiger partial charge in [-0.05, 0) is 31.4 Å². The van der Waals surface area contributed by atoms with Crippen molar-refractivity contribution in [2.45, 2.75) is 17.9 Å². The zero-order chi connectivity index (χ0) is 14.8. The molecule has 0 aliphatic carbocycles. The minimum atomic E-state index is -3.70. The van der Waals surface area contributed by atoms with Crippen molar-refractivity contribution in [1.29, 1.82) is 0 Å². The second kappa shape index (κ2) is 7.12. The first kappa shape index (κ1) is 17.8. The van der Waals surface area contributed by atoms with Gasteiger partial charge in [-0.3, -0.25) is 10.1 Å². The predicted molar refractivity (Wildman–Crippen MR) is 78.7 cm³/mol. The van der Waals surface area contributed by atoms with Gasteiger partial charge in [-0.25, -0.2) is 13.4 Å². The predicted octanol–water partition coefficient (Wildman–Crippen LogP) is 0.771. The van der Waals surface area contributed by atoms with E-state index in [0.717, 1.165) is 25.1 Å². The Morgan fingerprint density at radius 2 is 2.19 bits per heavy atom. The van der Waals surface area contributed by atoms with Gasteiger partial charge in [0.05, 0.1) is 4.92 Å². The maximum Gasteiger partial charge on any atom is 0.287 e. The fourth-order valence-electron chi connectivity index (χ4n) is 2.20. The van der Waals surface area contributed by atoms with Gasteiger partial charge >= 0.3 is 0 Å². The summed E-state index contributed by atoms with van der Waals surface area (Å²) in [5.74, 6) is 0.150. The lowest BCUT2D eigenvalue weighted by Crippen LogP contribution is -2.42. The van der Waals surface area contributed by atoms with E-state index in [0.29, 0.717) is 19.6 Å². The number of nitrogens with zero attached hydrogens (tertiary/aromatic N) is 3. The second-order valence-corrected chi connectivity index (χ2v) is 6.60. The molecule has 21 heavy (non-hydrogen) atoms. The molecule has 0 amide bonds. The molecule has 1 atom stereocenters. The molecule has 10 heteroatoms. The number of hydrogen-bond donors (Lipinski definition) is 1. The minimum absolute atomic E-state index is 0. The standard InChI is InChI=1S/C11H16N4O4S.ClH/c12-6-9-2-1-5-14(8-9)20(18,19)11-4-3-10(7-13-11)15(16)17;/h3-4,7,9H,1-2,5-6,8,12H2;1H. The van der Waals surface area contributed by atoms with Gasteiger partial charge in [0.25, 0.3) is 15.7 Å². The number of pyridine rings is 1. The second-order valence-electron chi connectivity index (χ2n) is 4.72. The lowest BCUT2D eigenvalue weighted by molar-refractivity contribution is -0.385. The van der Waals surface area contributed by atoms with E-state index >= 15 is 0 Å². The maximum absolute atomic E-state index is 12.4. The molecule has 0 spiro atoms. The summed E-state index contributed by atoms with van der Waals surface area (Å²) in [6, 6.07) is 2.31. The number of halogens is 1. The third-order valence-corrected chi connectivity index (χ3v) is 5.13. The van der Waals surface area contributed by atoms with Gasteiger partial charge in [0.2, 0.25) is 0 Å². The molecule has 0 radical (unpaired) electrons. The fraction of sp³-hybridized carbons (Fsp3) is 0.545. The van der Waals surface area contributed by atoms with E-state index in [1.54, 1.807) is 0 Å². The summed E-state index contributed by atoms with van der Waals surface area (Å²) in [6.45, 7) is 1.24. The first-order valence-corrected chi connectivity index (χ1v) is 7.70. The molecule has 1 aromatic heterocycles. The summed E-state index contributed by atoms with van der Waals surface area (Å²) >= 11 is 0. The first-order chi connectivity index (χ1) is 9.45. The molecule has 1 unspecified atom stereocenters. The summed E-state index contributed by atoms with van der Waals surface area (Å²) in [6.07, 6.45) is 2.63. The molecular formula is C11H17ClN4O4S. The van der Waals surface area contributed by atoms with Gasteiger partial charge in [-0.2, -0.15) is 4.31 Å². The number of piperidine rings is 1. The Morgan fingerprint density at radius 1 is 1.48 bits per heavy atom. The number of sulfonamides is 1. The lowest BCUT2D eigenvalue weighted by atomic mass is 10.0. The number of rotatable bonds is 4. The van der Waals surface area contributed by atoms with Gasteiger partial charge in [0, 0.05) is 19.2 Å². The Labute approximate surface area is 129 Å². The van der Waals surface area contributed by atoms with Crippen LogP contribution in [0.1, 0.15) is 12.8 Å². The van der Waals surface area contributed by atoms with Crippen LogP contribution in [0.4, 0.5) is 5.69 Å². The van der Waals surface area contributed by atoms with Crippen molar-refractivity contribution in [2.75, 3.05) is 19.6 Å². The van der Waals surface area contributed by atoms with Crippen LogP contribution in [0, 0.1) is 16.0 Å². The zero-order valence-electron chi connectivity index (χ0n) is 11.2. The maximum atomic E-state index is 12.4. The summed E-state index contributed by atoms with van der Waals surface area (Å²) in [5, 5.41) is 10.4. The van der Waals surface area contributed by atoms with Crippen molar-refractivity contribution in [2.24, 2.45) is 11.7 Å². The Hall–Kier alpha value is -1.29. The van der Waals surface area contributed by atoms with Crippen LogP contribution in [-0.4, -0.2) is 42.3 Å². The Kier molecular flexibility index (Phi) is 6.02. The molecule has 0 aromatic carbocycles. The van der Waals surface area contributed by atoms with Crippen LogP contribution in [0.15, 0.2) is 23.4 Å². The van der Waals surface area contributed by atoms with E-state index < -0.39 is 14.9 Å². The summed E-state index contributed by atoms with van der Waals surface area (Å²) in [5.41, 5.74) is 5.35. The molecule has 1 fully saturated rings. The summed E-state index contributed by atoms with van der Waals surface area (Å²) in [7, 11) is -3.70. The number of hydrogen-bond acceptors (Lipinski definition) is 6. The minimum Gasteiger partial charge on any atom is -0.330 e. The molecule has 1 aromatic rings. The van der Waals surface area contributed by atoms with E-state index in [-0.39, 0.29) is 29.0 Å². The van der Waals surface area contributed by atoms with Crippen LogP contribution in [0.3, 0.4) is 0 Å². The van der Waals surface area contributed by atoms with Crippen molar-refractivity contribution in [3.8, 4) is 0 Å². The van der Waals surface area contributed by atoms with Crippen LogP contribution in [0.2, 0.25) is 0 Å². The number of nitrogens with two attached hydrogens (primary N) is 1. The van der Waals surface area contributed by atoms with Crippen molar-refractivity contribution in [3.63, 3.8) is 0 Å². The molecule has 1 aliphatic rings. The highest BCUT2D eigenvalue weighted by molar-refractivity contribution is 7.89. The van der Waals surface area contributed by atoms with Crippen molar-refractivity contribution < 1.29 is 13.3 Å². The normalized spacial score (nSPS) is 19.8. The van der Waals surface area contributed by atoms with Crippen LogP contribution in [0.25, 0.3) is 0 Å². The Bertz CT molecular complexity index is 593. The summed E-state index contributed by atoms with van der Waals surface area (Å²) in [4.78, 5) is 13.6. The highest BCUT2D eigenvalue weighted by atomic mass is 35.5. The molecule has 1 saturated heterocycles. The Balaban J connectivity index is 0.00000220. The molecular weight excluding hydrogens is 320 g/mol. The van der Waals surface area contributed by atoms with Gasteiger partial charge in [-0.1, -0.05) is 0 Å². The zero-order valence-corrected chi connectivity index (χ0v) is 12.8. The quantitative estimate of drug-likeness (QED) is 0.640. The van der Waals surface area contributed by atoms with Crippen LogP contribution >= 0.6 is 12.4 Å². The largest absolute Gasteiger partial charge is 0.330 e. The molecule has 118 valence electrons. The van der Waals surface area contributed by atoms with Crippen molar-refractivity contribution >= 4 is 28.1 Å². The number of nitro groups is 1. The average Bonchev–Trinajstić information content (AvgIpc) is 2.47. The molecule has 0 bridgehead atoms. The average molecular weight is 337 g/mol. The molecule has 2 N–H and O–H groups in total. The summed E-state index contributed by atoms with van der Waals surface area (Å²) < 4.78 is 26.1. The third kappa shape index (κ3) is 3.88. The highest BCUT2D eigenvalue weighted by Crippen LogP contribution is 2.23. The smallest absolute Gasteiger partial charge is 0.287 e. The fourth-order valence-corrected chi connectivity index (χ4v) is 3.67. The van der Waals surface area contributed by atoms with Crippen molar-refractivity contribution in [1.82, 2.24) is 9.29 Å². The lowest BCUT2D eigenvalue weighted by Gasteiger charge is -2.30.